The molecule has 0 bridgehead atoms. The highest BCUT2D eigenvalue weighted by molar-refractivity contribution is 6.06. The normalized spacial score (nSPS) is 19.7. The fourth-order valence-corrected chi connectivity index (χ4v) is 3.64. The molecule has 1 aliphatic rings. The predicted molar refractivity (Wildman–Crippen MR) is 120 cm³/mol. The molecular weight excluding hydrogens is 392 g/mol. The predicted octanol–water partition coefficient (Wildman–Crippen LogP) is 3.71. The van der Waals surface area contributed by atoms with Crippen LogP contribution in [0.4, 0.5) is 0 Å². The number of hydrogen-bond donors (Lipinski definition) is 2. The molecule has 1 unspecified atom stereocenters. The number of nitrogens with zero attached hydrogens (tertiary/aromatic N) is 1. The number of benzene rings is 2. The molecule has 1 heterocycles. The Kier molecular flexibility index (Phi) is 7.89. The highest BCUT2D eigenvalue weighted by Crippen LogP contribution is 2.15. The van der Waals surface area contributed by atoms with E-state index in [0.29, 0.717) is 5.56 Å². The van der Waals surface area contributed by atoms with E-state index in [2.05, 4.69) is 18.7 Å². The second kappa shape index (κ2) is 10.8. The molecule has 31 heavy (non-hydrogen) atoms. The van der Waals surface area contributed by atoms with Crippen molar-refractivity contribution in [1.82, 2.24) is 10.4 Å². The van der Waals surface area contributed by atoms with E-state index >= 15 is 0 Å². The smallest absolute Gasteiger partial charge is 0.267 e. The number of nitrogens with one attached hydrogen (secondary N) is 1. The highest BCUT2D eigenvalue weighted by atomic mass is 16.5. The number of ether oxygens (including phenoxy) is 1. The molecule has 2 aromatic rings. The number of allylic oxidation sites excluding steroid dienone is 1. The van der Waals surface area contributed by atoms with Crippen LogP contribution in [-0.4, -0.2) is 47.1 Å². The molecule has 162 valence electrons. The van der Waals surface area contributed by atoms with Gasteiger partial charge in [-0.3, -0.25) is 19.7 Å². The van der Waals surface area contributed by atoms with Crippen LogP contribution in [0.2, 0.25) is 0 Å². The lowest BCUT2D eigenvalue weighted by molar-refractivity contribution is -0.124. The van der Waals surface area contributed by atoms with Crippen molar-refractivity contribution < 1.29 is 19.5 Å². The molecule has 0 aromatic heterocycles. The minimum Gasteiger partial charge on any atom is -0.373 e. The molecule has 1 fully saturated rings. The molecule has 6 heteroatoms. The Labute approximate surface area is 182 Å². The van der Waals surface area contributed by atoms with Crippen LogP contribution in [0.3, 0.4) is 0 Å². The maximum atomic E-state index is 12.5. The number of carbonyl (C=O) groups excluding carboxylic acids is 2. The van der Waals surface area contributed by atoms with Crippen molar-refractivity contribution >= 4 is 23.8 Å². The van der Waals surface area contributed by atoms with Gasteiger partial charge in [0.2, 0.25) is 0 Å². The van der Waals surface area contributed by atoms with Crippen molar-refractivity contribution in [2.75, 3.05) is 13.1 Å². The van der Waals surface area contributed by atoms with E-state index in [0.717, 1.165) is 30.8 Å². The first-order valence-electron chi connectivity index (χ1n) is 10.3. The average molecular weight is 421 g/mol. The first kappa shape index (κ1) is 22.6. The van der Waals surface area contributed by atoms with Crippen LogP contribution in [0.5, 0.6) is 0 Å². The van der Waals surface area contributed by atoms with Crippen molar-refractivity contribution in [2.24, 2.45) is 0 Å². The molecule has 0 spiro atoms. The molecular formula is C25H28N2O4. The van der Waals surface area contributed by atoms with Crippen molar-refractivity contribution in [3.05, 3.63) is 82.9 Å². The number of morpholine rings is 1. The Hall–Kier alpha value is -3.06. The fraction of sp³-hybridized carbons (Fsp3) is 0.280. The SMILES string of the molecule is CC1CN(Cc2ccc(C(=O)/C=C/c3ccc(/C=C/C(=O)NO)cc3)cc2)C[C@@H](C)O1. The summed E-state index contributed by atoms with van der Waals surface area (Å²) in [5.74, 6) is -0.640. The summed E-state index contributed by atoms with van der Waals surface area (Å²) in [5.41, 5.74) is 5.06. The van der Waals surface area contributed by atoms with E-state index in [4.69, 9.17) is 9.94 Å². The zero-order valence-electron chi connectivity index (χ0n) is 17.8. The number of hydrogen-bond acceptors (Lipinski definition) is 5. The van der Waals surface area contributed by atoms with E-state index in [-0.39, 0.29) is 18.0 Å². The van der Waals surface area contributed by atoms with Crippen LogP contribution in [-0.2, 0) is 16.1 Å². The van der Waals surface area contributed by atoms with Crippen LogP contribution in [0.25, 0.3) is 12.2 Å². The lowest BCUT2D eigenvalue weighted by Gasteiger charge is -2.35. The van der Waals surface area contributed by atoms with Gasteiger partial charge in [-0.2, -0.15) is 0 Å². The number of carbonyl (C=O) groups is 2. The van der Waals surface area contributed by atoms with Crippen molar-refractivity contribution in [3.63, 3.8) is 0 Å². The van der Waals surface area contributed by atoms with Gasteiger partial charge in [0.1, 0.15) is 0 Å². The topological polar surface area (TPSA) is 78.9 Å². The Morgan fingerprint density at radius 1 is 0.968 bits per heavy atom. The second-order valence-electron chi connectivity index (χ2n) is 7.82. The summed E-state index contributed by atoms with van der Waals surface area (Å²) < 4.78 is 5.78. The molecule has 6 nitrogen and oxygen atoms in total. The molecule has 0 aliphatic carbocycles. The molecule has 1 aliphatic heterocycles. The third-order valence-electron chi connectivity index (χ3n) is 5.04. The average Bonchev–Trinajstić information content (AvgIpc) is 2.76. The van der Waals surface area contributed by atoms with E-state index in [1.165, 1.54) is 11.6 Å². The van der Waals surface area contributed by atoms with Crippen molar-refractivity contribution in [2.45, 2.75) is 32.6 Å². The van der Waals surface area contributed by atoms with E-state index in [9.17, 15) is 9.59 Å². The second-order valence-corrected chi connectivity index (χ2v) is 7.82. The summed E-state index contributed by atoms with van der Waals surface area (Å²) in [6, 6.07) is 15.1. The Balaban J connectivity index is 1.56. The van der Waals surface area contributed by atoms with Gasteiger partial charge in [0.05, 0.1) is 12.2 Å². The monoisotopic (exact) mass is 420 g/mol. The van der Waals surface area contributed by atoms with Crippen LogP contribution in [0.15, 0.2) is 60.7 Å². The van der Waals surface area contributed by atoms with Gasteiger partial charge in [0.15, 0.2) is 5.78 Å². The van der Waals surface area contributed by atoms with Gasteiger partial charge in [0.25, 0.3) is 5.91 Å². The highest BCUT2D eigenvalue weighted by Gasteiger charge is 2.21. The summed E-state index contributed by atoms with van der Waals surface area (Å²) >= 11 is 0. The lowest BCUT2D eigenvalue weighted by atomic mass is 10.1. The molecule has 2 aromatic carbocycles. The maximum absolute atomic E-state index is 12.5. The lowest BCUT2D eigenvalue weighted by Crippen LogP contribution is -2.44. The molecule has 1 saturated heterocycles. The number of hydroxylamine groups is 1. The Bertz CT molecular complexity index is 938. The van der Waals surface area contributed by atoms with Crippen LogP contribution < -0.4 is 5.48 Å². The van der Waals surface area contributed by atoms with Crippen LogP contribution in [0, 0.1) is 0 Å². The minimum absolute atomic E-state index is 0.0521. The van der Waals surface area contributed by atoms with Crippen LogP contribution >= 0.6 is 0 Å². The van der Waals surface area contributed by atoms with Gasteiger partial charge in [-0.15, -0.1) is 0 Å². The Morgan fingerprint density at radius 2 is 1.52 bits per heavy atom. The third kappa shape index (κ3) is 7.00. The van der Waals surface area contributed by atoms with Crippen LogP contribution in [0.1, 0.15) is 40.9 Å². The van der Waals surface area contributed by atoms with Crippen molar-refractivity contribution in [1.29, 1.82) is 0 Å². The minimum atomic E-state index is -0.588. The maximum Gasteiger partial charge on any atom is 0.267 e. The quantitative estimate of drug-likeness (QED) is 0.309. The number of amides is 1. The van der Waals surface area contributed by atoms with Crippen molar-refractivity contribution in [3.8, 4) is 0 Å². The molecule has 2 N–H and O–H groups in total. The molecule has 0 radical (unpaired) electrons. The largest absolute Gasteiger partial charge is 0.373 e. The first-order chi connectivity index (χ1) is 14.9. The summed E-state index contributed by atoms with van der Waals surface area (Å²) in [5, 5.41) is 8.48. The fourth-order valence-electron chi connectivity index (χ4n) is 3.64. The third-order valence-corrected chi connectivity index (χ3v) is 5.04. The van der Waals surface area contributed by atoms with E-state index in [1.54, 1.807) is 23.7 Å². The molecule has 3 rings (SSSR count). The zero-order chi connectivity index (χ0) is 22.2. The van der Waals surface area contributed by atoms with Gasteiger partial charge in [0, 0.05) is 31.3 Å². The van der Waals surface area contributed by atoms with Gasteiger partial charge >= 0.3 is 0 Å². The molecule has 2 atom stereocenters. The Morgan fingerprint density at radius 3 is 2.06 bits per heavy atom. The first-order valence-corrected chi connectivity index (χ1v) is 10.3. The van der Waals surface area contributed by atoms with Gasteiger partial charge < -0.3 is 4.74 Å². The summed E-state index contributed by atoms with van der Waals surface area (Å²) in [4.78, 5) is 25.9. The number of rotatable bonds is 7. The summed E-state index contributed by atoms with van der Waals surface area (Å²) in [6.07, 6.45) is 6.62. The van der Waals surface area contributed by atoms with Gasteiger partial charge in [-0.05, 0) is 42.7 Å². The summed E-state index contributed by atoms with van der Waals surface area (Å²) in [7, 11) is 0. The molecule has 0 saturated carbocycles. The van der Waals surface area contributed by atoms with E-state index in [1.807, 2.05) is 48.5 Å². The van der Waals surface area contributed by atoms with Gasteiger partial charge in [-0.25, -0.2) is 5.48 Å². The van der Waals surface area contributed by atoms with Gasteiger partial charge in [-0.1, -0.05) is 54.6 Å². The zero-order valence-corrected chi connectivity index (χ0v) is 17.8. The summed E-state index contributed by atoms with van der Waals surface area (Å²) in [6.45, 7) is 6.87. The molecule has 1 amide bonds. The standard InChI is InChI=1S/C25H28N2O4/c1-18-15-27(16-19(2)31-18)17-22-7-11-23(12-8-22)24(28)13-9-20-3-5-21(6-4-20)10-14-25(29)26-30/h3-14,18-19,30H,15-17H2,1-2H3,(H,26,29)/b13-9+,14-10+/t18-,19?/m1/s1. The number of ketones is 1. The van der Waals surface area contributed by atoms with E-state index < -0.39 is 5.91 Å².